The summed E-state index contributed by atoms with van der Waals surface area (Å²) in [5.41, 5.74) is -1.06. The molecular weight excluding hydrogens is 357 g/mol. The zero-order chi connectivity index (χ0) is 18.7. The summed E-state index contributed by atoms with van der Waals surface area (Å²) in [6.07, 6.45) is -1.65. The maximum Gasteiger partial charge on any atom is 0.416 e. The molecule has 1 aromatic carbocycles. The summed E-state index contributed by atoms with van der Waals surface area (Å²) in [5.74, 6) is -0.366. The molecule has 1 saturated heterocycles. The predicted octanol–water partition coefficient (Wildman–Crippen LogP) is 2.50. The van der Waals surface area contributed by atoms with E-state index < -0.39 is 33.2 Å². The fourth-order valence-corrected chi connectivity index (χ4v) is 4.00. The number of rotatable bonds is 6. The van der Waals surface area contributed by atoms with Gasteiger partial charge in [-0.25, -0.2) is 8.42 Å². The third-order valence-electron chi connectivity index (χ3n) is 3.90. The van der Waals surface area contributed by atoms with Gasteiger partial charge in [-0.05, 0) is 31.0 Å². The van der Waals surface area contributed by atoms with Gasteiger partial charge in [0.05, 0.1) is 17.0 Å². The van der Waals surface area contributed by atoms with Gasteiger partial charge in [0.1, 0.15) is 0 Å². The minimum absolute atomic E-state index is 0.168. The monoisotopic (exact) mass is 376 g/mol. The number of carbonyl (C=O) groups is 1. The molecule has 5 nitrogen and oxygen atoms in total. The Morgan fingerprint density at radius 1 is 1.28 bits per heavy atom. The van der Waals surface area contributed by atoms with Crippen molar-refractivity contribution in [3.63, 3.8) is 0 Å². The summed E-state index contributed by atoms with van der Waals surface area (Å²) >= 11 is 0. The number of alkyl halides is 3. The maximum absolute atomic E-state index is 12.8. The molecule has 1 aromatic rings. The number of halogens is 3. The average Bonchev–Trinajstić information content (AvgIpc) is 3.08. The van der Waals surface area contributed by atoms with E-state index in [2.05, 4.69) is 6.58 Å². The van der Waals surface area contributed by atoms with Crippen molar-refractivity contribution in [1.82, 2.24) is 9.21 Å². The molecule has 1 heterocycles. The summed E-state index contributed by atoms with van der Waals surface area (Å²) < 4.78 is 64.7. The zero-order valence-electron chi connectivity index (χ0n) is 13.5. The van der Waals surface area contributed by atoms with Crippen LogP contribution in [0, 0.1) is 0 Å². The molecule has 0 atom stereocenters. The molecule has 2 rings (SSSR count). The van der Waals surface area contributed by atoms with Gasteiger partial charge in [-0.1, -0.05) is 12.1 Å². The summed E-state index contributed by atoms with van der Waals surface area (Å²) in [5, 5.41) is 0. The van der Waals surface area contributed by atoms with Gasteiger partial charge in [0.2, 0.25) is 15.9 Å². The topological polar surface area (TPSA) is 57.7 Å². The van der Waals surface area contributed by atoms with E-state index in [4.69, 9.17) is 0 Å². The summed E-state index contributed by atoms with van der Waals surface area (Å²) in [7, 11) is -4.26. The first-order valence-corrected chi connectivity index (χ1v) is 9.16. The number of hydrogen-bond donors (Lipinski definition) is 0. The second-order valence-electron chi connectivity index (χ2n) is 5.70. The Morgan fingerprint density at radius 2 is 1.92 bits per heavy atom. The lowest BCUT2D eigenvalue weighted by atomic mass is 10.2. The molecule has 0 unspecified atom stereocenters. The molecule has 1 amide bonds. The van der Waals surface area contributed by atoms with Crippen molar-refractivity contribution in [2.24, 2.45) is 0 Å². The van der Waals surface area contributed by atoms with E-state index in [1.54, 1.807) is 4.90 Å². The molecule has 0 aliphatic carbocycles. The number of hydrogen-bond acceptors (Lipinski definition) is 3. The van der Waals surface area contributed by atoms with Gasteiger partial charge in [-0.15, -0.1) is 6.58 Å². The number of nitrogens with zero attached hydrogens (tertiary/aromatic N) is 2. The lowest BCUT2D eigenvalue weighted by Gasteiger charge is -2.23. The molecule has 9 heteroatoms. The van der Waals surface area contributed by atoms with Crippen LogP contribution in [0.3, 0.4) is 0 Å². The van der Waals surface area contributed by atoms with Crippen LogP contribution < -0.4 is 0 Å². The van der Waals surface area contributed by atoms with Crippen molar-refractivity contribution in [2.75, 3.05) is 26.2 Å². The van der Waals surface area contributed by atoms with Gasteiger partial charge < -0.3 is 4.90 Å². The lowest BCUT2D eigenvalue weighted by molar-refractivity contribution is -0.137. The third-order valence-corrected chi connectivity index (χ3v) is 5.71. The van der Waals surface area contributed by atoms with Crippen molar-refractivity contribution in [3.8, 4) is 0 Å². The average molecular weight is 376 g/mol. The Hall–Kier alpha value is -1.87. The number of likely N-dealkylation sites (tertiary alicyclic amines) is 1. The smallest absolute Gasteiger partial charge is 0.342 e. The summed E-state index contributed by atoms with van der Waals surface area (Å²) in [6.45, 7) is 3.98. The molecule has 0 spiro atoms. The molecule has 1 aliphatic rings. The Morgan fingerprint density at radius 3 is 2.48 bits per heavy atom. The highest BCUT2D eigenvalue weighted by Gasteiger charge is 2.33. The minimum atomic E-state index is -4.65. The van der Waals surface area contributed by atoms with E-state index in [0.717, 1.165) is 35.3 Å². The molecular formula is C16H19F3N2O3S. The predicted molar refractivity (Wildman–Crippen MR) is 86.2 cm³/mol. The number of carbonyl (C=O) groups excluding carboxylic acids is 1. The van der Waals surface area contributed by atoms with Gasteiger partial charge in [0.15, 0.2) is 0 Å². The van der Waals surface area contributed by atoms with Crippen LogP contribution in [-0.4, -0.2) is 49.7 Å². The zero-order valence-corrected chi connectivity index (χ0v) is 14.3. The van der Waals surface area contributed by atoms with Crippen LogP contribution in [0.2, 0.25) is 0 Å². The molecule has 0 aromatic heterocycles. The van der Waals surface area contributed by atoms with Gasteiger partial charge in [-0.3, -0.25) is 4.79 Å². The highest BCUT2D eigenvalue weighted by Crippen LogP contribution is 2.31. The third kappa shape index (κ3) is 4.60. The Kier molecular flexibility index (Phi) is 5.89. The fraction of sp³-hybridized carbons (Fsp3) is 0.438. The number of sulfonamides is 1. The first kappa shape index (κ1) is 19.5. The molecule has 25 heavy (non-hydrogen) atoms. The summed E-state index contributed by atoms with van der Waals surface area (Å²) in [6, 6.07) is 3.49. The fourth-order valence-electron chi connectivity index (χ4n) is 2.59. The quantitative estimate of drug-likeness (QED) is 0.717. The first-order valence-electron chi connectivity index (χ1n) is 7.72. The number of amides is 1. The summed E-state index contributed by atoms with van der Waals surface area (Å²) in [4.78, 5) is 13.3. The molecule has 1 fully saturated rings. The van der Waals surface area contributed by atoms with Crippen molar-refractivity contribution in [3.05, 3.63) is 42.5 Å². The second-order valence-corrected chi connectivity index (χ2v) is 7.64. The van der Waals surface area contributed by atoms with Gasteiger partial charge in [-0.2, -0.15) is 17.5 Å². The van der Waals surface area contributed by atoms with Crippen LogP contribution >= 0.6 is 0 Å². The first-order chi connectivity index (χ1) is 11.7. The normalized spacial score (nSPS) is 15.6. The molecule has 0 N–H and O–H groups in total. The van der Waals surface area contributed by atoms with Crippen LogP contribution in [-0.2, 0) is 21.0 Å². The second kappa shape index (κ2) is 7.57. The van der Waals surface area contributed by atoms with E-state index >= 15 is 0 Å². The minimum Gasteiger partial charge on any atom is -0.342 e. The molecule has 138 valence electrons. The van der Waals surface area contributed by atoms with Crippen LogP contribution in [0.4, 0.5) is 13.2 Å². The van der Waals surface area contributed by atoms with E-state index in [9.17, 15) is 26.4 Å². The number of benzene rings is 1. The maximum atomic E-state index is 12.8. The van der Waals surface area contributed by atoms with E-state index in [0.29, 0.717) is 19.2 Å². The van der Waals surface area contributed by atoms with Gasteiger partial charge >= 0.3 is 6.18 Å². The molecule has 1 aliphatic heterocycles. The van der Waals surface area contributed by atoms with Crippen LogP contribution in [0.5, 0.6) is 0 Å². The largest absolute Gasteiger partial charge is 0.416 e. The van der Waals surface area contributed by atoms with E-state index in [1.807, 2.05) is 0 Å². The standard InChI is InChI=1S/C16H19F3N2O3S/c1-2-8-21(12-15(22)20-9-3-4-10-20)25(23,24)14-7-5-6-13(11-14)16(17,18)19/h2,5-7,11H,1,3-4,8-10,12H2. The van der Waals surface area contributed by atoms with Crippen molar-refractivity contribution >= 4 is 15.9 Å². The Labute approximate surface area is 144 Å². The van der Waals surface area contributed by atoms with Crippen molar-refractivity contribution in [2.45, 2.75) is 23.9 Å². The van der Waals surface area contributed by atoms with Crippen LogP contribution in [0.1, 0.15) is 18.4 Å². The van der Waals surface area contributed by atoms with E-state index in [-0.39, 0.29) is 12.5 Å². The highest BCUT2D eigenvalue weighted by molar-refractivity contribution is 7.89. The lowest BCUT2D eigenvalue weighted by Crippen LogP contribution is -2.42. The van der Waals surface area contributed by atoms with Gasteiger partial charge in [0, 0.05) is 19.6 Å². The van der Waals surface area contributed by atoms with Crippen molar-refractivity contribution < 1.29 is 26.4 Å². The SMILES string of the molecule is C=CCN(CC(=O)N1CCCC1)S(=O)(=O)c1cccc(C(F)(F)F)c1. The highest BCUT2D eigenvalue weighted by atomic mass is 32.2. The van der Waals surface area contributed by atoms with Crippen LogP contribution in [0.15, 0.2) is 41.8 Å². The van der Waals surface area contributed by atoms with Crippen molar-refractivity contribution in [1.29, 1.82) is 0 Å². The Bertz CT molecular complexity index is 741. The molecule has 0 radical (unpaired) electrons. The van der Waals surface area contributed by atoms with Gasteiger partial charge in [0.25, 0.3) is 0 Å². The Balaban J connectivity index is 2.29. The van der Waals surface area contributed by atoms with E-state index in [1.165, 1.54) is 6.08 Å². The van der Waals surface area contributed by atoms with Crippen LogP contribution in [0.25, 0.3) is 0 Å². The molecule has 0 saturated carbocycles. The molecule has 0 bridgehead atoms.